The molecule has 18 heteroatoms. The molecule has 0 saturated heterocycles. The van der Waals surface area contributed by atoms with Gasteiger partial charge in [-0.25, -0.2) is 24.9 Å². The summed E-state index contributed by atoms with van der Waals surface area (Å²) < 4.78 is 17.2. The molecule has 0 bridgehead atoms. The van der Waals surface area contributed by atoms with Crippen molar-refractivity contribution in [3.8, 4) is 55.9 Å². The summed E-state index contributed by atoms with van der Waals surface area (Å²) in [6, 6.07) is 6.26. The number of nitrogens with two attached hydrogens (primary N) is 1. The van der Waals surface area contributed by atoms with Gasteiger partial charge in [0.25, 0.3) is 5.91 Å². The molecule has 0 spiro atoms. The number of amides is 2. The van der Waals surface area contributed by atoms with E-state index < -0.39 is 35.9 Å². The van der Waals surface area contributed by atoms with Gasteiger partial charge in [-0.3, -0.25) is 14.4 Å². The first-order valence-electron chi connectivity index (χ1n) is 16.1. The van der Waals surface area contributed by atoms with Crippen molar-refractivity contribution in [2.24, 2.45) is 11.7 Å². The van der Waals surface area contributed by atoms with Crippen molar-refractivity contribution in [1.82, 2.24) is 35.6 Å². The zero-order valence-corrected chi connectivity index (χ0v) is 29.7. The van der Waals surface area contributed by atoms with E-state index in [1.807, 2.05) is 18.4 Å². The van der Waals surface area contributed by atoms with Gasteiger partial charge < -0.3 is 39.8 Å². The van der Waals surface area contributed by atoms with E-state index in [-0.39, 0.29) is 42.2 Å². The minimum absolute atomic E-state index is 0.0589. The molecule has 1 aromatic carbocycles. The Hall–Kier alpha value is -5.56. The number of carbonyl (C=O) groups excluding carboxylic acids is 2. The van der Waals surface area contributed by atoms with E-state index in [9.17, 15) is 24.6 Å². The molecule has 4 atom stereocenters. The second-order valence-electron chi connectivity index (χ2n) is 11.9. The molecule has 0 unspecified atom stereocenters. The zero-order valence-electron chi connectivity index (χ0n) is 28.1. The van der Waals surface area contributed by atoms with Gasteiger partial charge in [-0.1, -0.05) is 50.6 Å². The normalized spacial score (nSPS) is 13.7. The maximum Gasteiger partial charge on any atom is 0.325 e. The number of benzene rings is 1. The number of carboxylic acids is 1. The highest BCUT2D eigenvalue weighted by Gasteiger charge is 2.32. The summed E-state index contributed by atoms with van der Waals surface area (Å²) in [6.07, 6.45) is 3.67. The fourth-order valence-electron chi connectivity index (χ4n) is 4.91. The predicted octanol–water partition coefficient (Wildman–Crippen LogP) is 4.49. The standard InChI is InChI=1S/C34H34N8O8S2/c1-4-16(2)25(28(44)36-17(3)34(46)47)41-29(45)26-27(18-8-6-5-7-9-18)50-31(42-26)22-14-51-33(39-22)23-15-52-32(40-23)21-13-49-30(38-21)20-12-48-24(37-20)10-19(35)11-43/h5-9,12-17,19,25,43H,4,10-11,35H2,1-3H3,(H,36,44)(H,41,45)(H,46,47)/t16-,17-,19-,25+/m0/s1. The molecule has 6 aromatic rings. The van der Waals surface area contributed by atoms with Gasteiger partial charge in [-0.05, 0) is 12.8 Å². The highest BCUT2D eigenvalue weighted by atomic mass is 32.1. The molecular weight excluding hydrogens is 713 g/mol. The Balaban J connectivity index is 1.23. The van der Waals surface area contributed by atoms with E-state index in [1.54, 1.807) is 36.6 Å². The third kappa shape index (κ3) is 7.99. The molecule has 270 valence electrons. The summed E-state index contributed by atoms with van der Waals surface area (Å²) in [6.45, 7) is 4.80. The average Bonchev–Trinajstić information content (AvgIpc) is 3.99. The highest BCUT2D eigenvalue weighted by Crippen LogP contribution is 2.35. The maximum absolute atomic E-state index is 13.8. The zero-order chi connectivity index (χ0) is 36.9. The molecule has 0 aliphatic heterocycles. The molecule has 0 saturated carbocycles. The molecular formula is C34H34N8O8S2. The minimum atomic E-state index is -1.20. The predicted molar refractivity (Wildman–Crippen MR) is 190 cm³/mol. The quantitative estimate of drug-likeness (QED) is 0.0972. The van der Waals surface area contributed by atoms with Crippen LogP contribution in [0.3, 0.4) is 0 Å². The van der Waals surface area contributed by atoms with Crippen LogP contribution in [0.2, 0.25) is 0 Å². The summed E-state index contributed by atoms with van der Waals surface area (Å²) in [5.74, 6) is -1.95. The number of carboxylic acid groups (broad SMARTS) is 1. The third-order valence-corrected chi connectivity index (χ3v) is 9.73. The number of nitrogens with zero attached hydrogens (tertiary/aromatic N) is 5. The van der Waals surface area contributed by atoms with Gasteiger partial charge in [0.1, 0.15) is 51.7 Å². The summed E-state index contributed by atoms with van der Waals surface area (Å²) in [4.78, 5) is 60.9. The van der Waals surface area contributed by atoms with E-state index in [1.165, 1.54) is 42.1 Å². The number of aliphatic carboxylic acids is 1. The summed E-state index contributed by atoms with van der Waals surface area (Å²) in [7, 11) is 0. The van der Waals surface area contributed by atoms with Crippen LogP contribution < -0.4 is 16.4 Å². The van der Waals surface area contributed by atoms with Gasteiger partial charge in [0.05, 0.1) is 6.61 Å². The molecule has 6 N–H and O–H groups in total. The SMILES string of the molecule is CC[C@H](C)[C@@H](NC(=O)c1nc(-c2csc(-c3csc(-c4coc(-c5coc(C[C@H](N)CO)n5)n4)n3)n2)oc1-c1ccccc1)C(=O)N[C@@H](C)C(=O)O. The number of rotatable bonds is 15. The minimum Gasteiger partial charge on any atom is -0.480 e. The maximum atomic E-state index is 13.8. The van der Waals surface area contributed by atoms with Gasteiger partial charge in [-0.15, -0.1) is 22.7 Å². The first-order valence-corrected chi connectivity index (χ1v) is 17.9. The third-order valence-electron chi connectivity index (χ3n) is 8.00. The number of aliphatic hydroxyl groups excluding tert-OH is 1. The van der Waals surface area contributed by atoms with E-state index in [0.29, 0.717) is 50.7 Å². The van der Waals surface area contributed by atoms with Crippen LogP contribution in [0.5, 0.6) is 0 Å². The van der Waals surface area contributed by atoms with Crippen molar-refractivity contribution in [2.45, 2.75) is 51.7 Å². The van der Waals surface area contributed by atoms with E-state index in [4.69, 9.17) is 24.0 Å². The molecule has 52 heavy (non-hydrogen) atoms. The average molecular weight is 747 g/mol. The smallest absolute Gasteiger partial charge is 0.325 e. The van der Waals surface area contributed by atoms with Crippen LogP contribution in [0.25, 0.3) is 55.9 Å². The van der Waals surface area contributed by atoms with Crippen molar-refractivity contribution in [1.29, 1.82) is 0 Å². The topological polar surface area (TPSA) is 246 Å². The van der Waals surface area contributed by atoms with Crippen LogP contribution in [0, 0.1) is 5.92 Å². The Morgan fingerprint density at radius 3 is 2.27 bits per heavy atom. The van der Waals surface area contributed by atoms with Crippen LogP contribution in [-0.2, 0) is 16.0 Å². The molecule has 2 amide bonds. The molecule has 16 nitrogen and oxygen atoms in total. The molecule has 0 aliphatic carbocycles. The first-order chi connectivity index (χ1) is 25.0. The molecule has 6 rings (SSSR count). The number of carbonyl (C=O) groups is 3. The number of thiazole rings is 2. The van der Waals surface area contributed by atoms with Crippen LogP contribution in [-0.4, -0.2) is 77.6 Å². The number of oxazole rings is 3. The van der Waals surface area contributed by atoms with Gasteiger partial charge in [0.15, 0.2) is 23.0 Å². The lowest BCUT2D eigenvalue weighted by atomic mass is 9.97. The van der Waals surface area contributed by atoms with Gasteiger partial charge >= 0.3 is 5.97 Å². The summed E-state index contributed by atoms with van der Waals surface area (Å²) in [5, 5.41) is 28.4. The van der Waals surface area contributed by atoms with Crippen LogP contribution >= 0.6 is 22.7 Å². The van der Waals surface area contributed by atoms with Crippen LogP contribution in [0.1, 0.15) is 43.6 Å². The van der Waals surface area contributed by atoms with Crippen molar-refractivity contribution >= 4 is 40.5 Å². The summed E-state index contributed by atoms with van der Waals surface area (Å²) >= 11 is 2.64. The Labute approximate surface area is 304 Å². The molecule has 0 radical (unpaired) electrons. The lowest BCUT2D eigenvalue weighted by Gasteiger charge is -2.24. The highest BCUT2D eigenvalue weighted by molar-refractivity contribution is 7.15. The second-order valence-corrected chi connectivity index (χ2v) is 13.6. The number of aliphatic hydroxyl groups is 1. The Morgan fingerprint density at radius 1 is 0.865 bits per heavy atom. The Morgan fingerprint density at radius 2 is 1.56 bits per heavy atom. The van der Waals surface area contributed by atoms with Gasteiger partial charge in [0, 0.05) is 28.8 Å². The molecule has 5 heterocycles. The van der Waals surface area contributed by atoms with Crippen molar-refractivity contribution in [3.63, 3.8) is 0 Å². The fraction of sp³-hybridized carbons (Fsp3) is 0.294. The number of nitrogens with one attached hydrogen (secondary N) is 2. The first kappa shape index (κ1) is 36.2. The van der Waals surface area contributed by atoms with Gasteiger partial charge in [-0.2, -0.15) is 0 Å². The molecule has 5 aromatic heterocycles. The van der Waals surface area contributed by atoms with Gasteiger partial charge in [0.2, 0.25) is 17.7 Å². The summed E-state index contributed by atoms with van der Waals surface area (Å²) in [5.41, 5.74) is 8.10. The Kier molecular flexibility index (Phi) is 11.0. The monoisotopic (exact) mass is 746 g/mol. The van der Waals surface area contributed by atoms with Crippen molar-refractivity contribution in [3.05, 3.63) is 65.2 Å². The van der Waals surface area contributed by atoms with Crippen LogP contribution in [0.15, 0.2) is 66.9 Å². The van der Waals surface area contributed by atoms with E-state index >= 15 is 0 Å². The lowest BCUT2D eigenvalue weighted by Crippen LogP contribution is -2.53. The van der Waals surface area contributed by atoms with Crippen LogP contribution in [0.4, 0.5) is 0 Å². The molecule has 0 aliphatic rings. The lowest BCUT2D eigenvalue weighted by molar-refractivity contribution is -0.141. The van der Waals surface area contributed by atoms with Crippen molar-refractivity contribution in [2.75, 3.05) is 6.61 Å². The van der Waals surface area contributed by atoms with Crippen molar-refractivity contribution < 1.29 is 37.8 Å². The Bertz CT molecular complexity index is 2170. The second kappa shape index (κ2) is 15.8. The molecule has 0 fully saturated rings. The number of hydrogen-bond donors (Lipinski definition) is 5. The largest absolute Gasteiger partial charge is 0.480 e. The number of aromatic nitrogens is 5. The number of hydrogen-bond acceptors (Lipinski definition) is 15. The van der Waals surface area contributed by atoms with E-state index in [2.05, 4.69) is 30.6 Å². The fourth-order valence-corrected chi connectivity index (χ4v) is 6.49. The van der Waals surface area contributed by atoms with E-state index in [0.717, 1.165) is 0 Å².